The van der Waals surface area contributed by atoms with Crippen LogP contribution in [-0.4, -0.2) is 29.6 Å². The van der Waals surface area contributed by atoms with Gasteiger partial charge in [-0.25, -0.2) is 9.79 Å². The number of rotatable bonds is 1. The number of hydrogen-bond donors (Lipinski definition) is 1. The first-order valence-electron chi connectivity index (χ1n) is 2.60. The summed E-state index contributed by atoms with van der Waals surface area (Å²) >= 11 is 0. The SMILES string of the molecule is CC1=NC(C(=O)O)CO1. The quantitative estimate of drug-likeness (QED) is 0.537. The minimum atomic E-state index is -0.924. The van der Waals surface area contributed by atoms with Gasteiger partial charge in [-0.2, -0.15) is 0 Å². The molecule has 0 fully saturated rings. The summed E-state index contributed by atoms with van der Waals surface area (Å²) < 4.78 is 4.80. The minimum absolute atomic E-state index is 0.182. The third kappa shape index (κ3) is 1.19. The monoisotopic (exact) mass is 129 g/mol. The summed E-state index contributed by atoms with van der Waals surface area (Å²) in [7, 11) is 0. The van der Waals surface area contributed by atoms with E-state index in [4.69, 9.17) is 9.84 Å². The molecule has 0 aromatic carbocycles. The number of nitrogens with zero attached hydrogens (tertiary/aromatic N) is 1. The topological polar surface area (TPSA) is 58.9 Å². The Morgan fingerprint density at radius 1 is 2.00 bits per heavy atom. The van der Waals surface area contributed by atoms with E-state index in [0.717, 1.165) is 0 Å². The van der Waals surface area contributed by atoms with Gasteiger partial charge in [0.05, 0.1) is 0 Å². The maximum absolute atomic E-state index is 10.2. The van der Waals surface area contributed by atoms with Gasteiger partial charge < -0.3 is 9.84 Å². The fourth-order valence-electron chi connectivity index (χ4n) is 0.620. The van der Waals surface area contributed by atoms with Crippen molar-refractivity contribution < 1.29 is 14.6 Å². The molecule has 1 heterocycles. The Labute approximate surface area is 52.2 Å². The Morgan fingerprint density at radius 2 is 2.67 bits per heavy atom. The van der Waals surface area contributed by atoms with Gasteiger partial charge in [0.2, 0.25) is 0 Å². The van der Waals surface area contributed by atoms with Crippen molar-refractivity contribution in [2.45, 2.75) is 13.0 Å². The molecule has 4 heteroatoms. The van der Waals surface area contributed by atoms with Crippen LogP contribution in [0.15, 0.2) is 4.99 Å². The molecule has 1 aliphatic rings. The molecule has 0 saturated heterocycles. The van der Waals surface area contributed by atoms with Crippen LogP contribution in [0.25, 0.3) is 0 Å². The Morgan fingerprint density at radius 3 is 2.89 bits per heavy atom. The van der Waals surface area contributed by atoms with E-state index in [1.165, 1.54) is 0 Å². The number of carboxylic acid groups (broad SMARTS) is 1. The van der Waals surface area contributed by atoms with E-state index >= 15 is 0 Å². The van der Waals surface area contributed by atoms with Crippen LogP contribution >= 0.6 is 0 Å². The molecule has 1 atom stereocenters. The van der Waals surface area contributed by atoms with Crippen LogP contribution in [0.2, 0.25) is 0 Å². The molecule has 0 amide bonds. The Bertz CT molecular complexity index is 164. The molecule has 1 aliphatic heterocycles. The maximum atomic E-state index is 10.2. The van der Waals surface area contributed by atoms with Crippen LogP contribution in [0.4, 0.5) is 0 Å². The van der Waals surface area contributed by atoms with Crippen LogP contribution in [0.3, 0.4) is 0 Å². The average Bonchev–Trinajstić information content (AvgIpc) is 2.14. The zero-order valence-corrected chi connectivity index (χ0v) is 5.00. The largest absolute Gasteiger partial charge is 0.480 e. The number of carboxylic acids is 1. The lowest BCUT2D eigenvalue weighted by molar-refractivity contribution is -0.138. The number of aliphatic imine (C=N–C) groups is 1. The van der Waals surface area contributed by atoms with Crippen molar-refractivity contribution >= 4 is 11.9 Å². The number of ether oxygens (including phenoxy) is 1. The number of hydrogen-bond acceptors (Lipinski definition) is 3. The second-order valence-electron chi connectivity index (χ2n) is 1.81. The van der Waals surface area contributed by atoms with E-state index in [1.54, 1.807) is 6.92 Å². The first kappa shape index (κ1) is 6.07. The molecule has 0 aliphatic carbocycles. The van der Waals surface area contributed by atoms with Crippen molar-refractivity contribution in [1.29, 1.82) is 0 Å². The predicted octanol–water partition coefficient (Wildman–Crippen LogP) is -0.112. The molecule has 1 rings (SSSR count). The lowest BCUT2D eigenvalue weighted by Crippen LogP contribution is -2.18. The smallest absolute Gasteiger partial charge is 0.332 e. The summed E-state index contributed by atoms with van der Waals surface area (Å²) in [4.78, 5) is 13.8. The molecule has 0 radical (unpaired) electrons. The molecule has 1 unspecified atom stereocenters. The molecule has 0 spiro atoms. The second-order valence-corrected chi connectivity index (χ2v) is 1.81. The van der Waals surface area contributed by atoms with E-state index in [1.807, 2.05) is 0 Å². The van der Waals surface area contributed by atoms with Crippen LogP contribution in [0.5, 0.6) is 0 Å². The van der Waals surface area contributed by atoms with E-state index in [2.05, 4.69) is 4.99 Å². The zero-order chi connectivity index (χ0) is 6.85. The summed E-state index contributed by atoms with van der Waals surface area (Å²) in [6, 6.07) is -0.676. The fourth-order valence-corrected chi connectivity index (χ4v) is 0.620. The molecule has 1 N–H and O–H groups in total. The molecule has 0 aromatic rings. The first-order valence-corrected chi connectivity index (χ1v) is 2.60. The van der Waals surface area contributed by atoms with Gasteiger partial charge in [0.1, 0.15) is 6.61 Å². The Hall–Kier alpha value is -1.06. The highest BCUT2D eigenvalue weighted by atomic mass is 16.5. The summed E-state index contributed by atoms with van der Waals surface area (Å²) in [5.74, 6) is -0.464. The first-order chi connectivity index (χ1) is 4.20. The van der Waals surface area contributed by atoms with Crippen molar-refractivity contribution in [2.24, 2.45) is 4.99 Å². The van der Waals surface area contributed by atoms with Crippen molar-refractivity contribution in [3.05, 3.63) is 0 Å². The fraction of sp³-hybridized carbons (Fsp3) is 0.600. The molecule has 50 valence electrons. The summed E-state index contributed by atoms with van der Waals surface area (Å²) in [5.41, 5.74) is 0. The van der Waals surface area contributed by atoms with Crippen molar-refractivity contribution in [2.75, 3.05) is 6.61 Å². The highest BCUT2D eigenvalue weighted by Crippen LogP contribution is 2.02. The lowest BCUT2D eigenvalue weighted by atomic mass is 10.3. The predicted molar refractivity (Wildman–Crippen MR) is 30.5 cm³/mol. The van der Waals surface area contributed by atoms with Crippen molar-refractivity contribution in [3.63, 3.8) is 0 Å². The number of aliphatic carboxylic acids is 1. The zero-order valence-electron chi connectivity index (χ0n) is 5.00. The van der Waals surface area contributed by atoms with E-state index in [0.29, 0.717) is 5.90 Å². The average molecular weight is 129 g/mol. The van der Waals surface area contributed by atoms with Crippen LogP contribution in [0, 0.1) is 0 Å². The minimum Gasteiger partial charge on any atom is -0.480 e. The lowest BCUT2D eigenvalue weighted by Gasteiger charge is -1.94. The van der Waals surface area contributed by atoms with Crippen LogP contribution < -0.4 is 0 Å². The Kier molecular flexibility index (Phi) is 1.38. The molecular weight excluding hydrogens is 122 g/mol. The standard InChI is InChI=1S/C5H7NO3/c1-3-6-4(2-9-3)5(7)8/h4H,2H2,1H3,(H,7,8). The summed E-state index contributed by atoms with van der Waals surface area (Å²) in [5, 5.41) is 8.34. The highest BCUT2D eigenvalue weighted by molar-refractivity contribution is 5.83. The van der Waals surface area contributed by atoms with Gasteiger partial charge in [0, 0.05) is 6.92 Å². The van der Waals surface area contributed by atoms with Crippen LogP contribution in [-0.2, 0) is 9.53 Å². The molecule has 0 bridgehead atoms. The molecule has 0 aromatic heterocycles. The van der Waals surface area contributed by atoms with Gasteiger partial charge in [-0.05, 0) is 0 Å². The van der Waals surface area contributed by atoms with Gasteiger partial charge in [0.15, 0.2) is 11.9 Å². The molecule has 9 heavy (non-hydrogen) atoms. The second kappa shape index (κ2) is 2.05. The van der Waals surface area contributed by atoms with Gasteiger partial charge in [0.25, 0.3) is 0 Å². The third-order valence-corrected chi connectivity index (χ3v) is 1.07. The molecule has 0 saturated carbocycles. The normalized spacial score (nSPS) is 25.0. The Balaban J connectivity index is 2.57. The van der Waals surface area contributed by atoms with Crippen molar-refractivity contribution in [3.8, 4) is 0 Å². The maximum Gasteiger partial charge on any atom is 0.332 e. The van der Waals surface area contributed by atoms with Gasteiger partial charge in [-0.3, -0.25) is 0 Å². The summed E-state index contributed by atoms with van der Waals surface area (Å²) in [6.45, 7) is 1.82. The van der Waals surface area contributed by atoms with Gasteiger partial charge >= 0.3 is 5.97 Å². The van der Waals surface area contributed by atoms with Crippen molar-refractivity contribution in [1.82, 2.24) is 0 Å². The van der Waals surface area contributed by atoms with E-state index in [9.17, 15) is 4.79 Å². The summed E-state index contributed by atoms with van der Waals surface area (Å²) in [6.07, 6.45) is 0. The number of carbonyl (C=O) groups is 1. The third-order valence-electron chi connectivity index (χ3n) is 1.07. The van der Waals surface area contributed by atoms with Gasteiger partial charge in [-0.1, -0.05) is 0 Å². The molecular formula is C5H7NO3. The highest BCUT2D eigenvalue weighted by Gasteiger charge is 2.22. The van der Waals surface area contributed by atoms with Crippen LogP contribution in [0.1, 0.15) is 6.92 Å². The van der Waals surface area contributed by atoms with Gasteiger partial charge in [-0.15, -0.1) is 0 Å². The van der Waals surface area contributed by atoms with E-state index in [-0.39, 0.29) is 6.61 Å². The molecule has 4 nitrogen and oxygen atoms in total. The van der Waals surface area contributed by atoms with E-state index < -0.39 is 12.0 Å².